The second-order valence-electron chi connectivity index (χ2n) is 5.03. The number of hydrogen-bond donors (Lipinski definition) is 0. The van der Waals surface area contributed by atoms with Gasteiger partial charge in [0.1, 0.15) is 23.6 Å². The van der Waals surface area contributed by atoms with E-state index in [4.69, 9.17) is 9.15 Å². The lowest BCUT2D eigenvalue weighted by Gasteiger charge is -2.05. The van der Waals surface area contributed by atoms with Crippen molar-refractivity contribution in [2.75, 3.05) is 0 Å². The zero-order valence-electron chi connectivity index (χ0n) is 11.8. The fraction of sp³-hybridized carbons (Fsp3) is 0.267. The average Bonchev–Trinajstić information content (AvgIpc) is 2.93. The lowest BCUT2D eigenvalue weighted by Crippen LogP contribution is -2.00. The Labute approximate surface area is 121 Å². The van der Waals surface area contributed by atoms with Crippen LogP contribution >= 0.6 is 0 Å². The molecule has 0 fully saturated rings. The Hall–Kier alpha value is -2.63. The van der Waals surface area contributed by atoms with Gasteiger partial charge in [-0.25, -0.2) is 9.48 Å². The molecule has 2 aromatic heterocycles. The van der Waals surface area contributed by atoms with E-state index in [1.54, 1.807) is 16.8 Å². The van der Waals surface area contributed by atoms with Gasteiger partial charge >= 0.3 is 5.63 Å². The molecule has 0 aliphatic carbocycles. The van der Waals surface area contributed by atoms with E-state index in [0.29, 0.717) is 17.9 Å². The molecule has 0 N–H and O–H groups in total. The van der Waals surface area contributed by atoms with Crippen molar-refractivity contribution in [3.63, 3.8) is 0 Å². The first kappa shape index (κ1) is 13.4. The highest BCUT2D eigenvalue weighted by Gasteiger charge is 2.05. The number of aromatic nitrogens is 3. The van der Waals surface area contributed by atoms with Crippen molar-refractivity contribution in [1.82, 2.24) is 15.0 Å². The van der Waals surface area contributed by atoms with E-state index in [0.717, 1.165) is 11.1 Å². The molecule has 0 spiro atoms. The maximum atomic E-state index is 11.2. The Morgan fingerprint density at radius 2 is 2.10 bits per heavy atom. The smallest absolute Gasteiger partial charge is 0.336 e. The fourth-order valence-electron chi connectivity index (χ4n) is 1.92. The first-order valence-electron chi connectivity index (χ1n) is 6.69. The summed E-state index contributed by atoms with van der Waals surface area (Å²) in [6.45, 7) is 4.38. The van der Waals surface area contributed by atoms with Crippen molar-refractivity contribution in [3.05, 3.63) is 52.6 Å². The van der Waals surface area contributed by atoms with E-state index >= 15 is 0 Å². The third-order valence-electron chi connectivity index (χ3n) is 3.07. The third kappa shape index (κ3) is 2.94. The summed E-state index contributed by atoms with van der Waals surface area (Å²) in [6.07, 6.45) is 1.85. The summed E-state index contributed by atoms with van der Waals surface area (Å²) in [7, 11) is 0. The summed E-state index contributed by atoms with van der Waals surface area (Å²) in [6, 6.07) is 8.75. The largest absolute Gasteiger partial charge is 0.487 e. The van der Waals surface area contributed by atoms with Gasteiger partial charge in [0.05, 0.1) is 6.20 Å². The predicted molar refractivity (Wildman–Crippen MR) is 77.2 cm³/mol. The summed E-state index contributed by atoms with van der Waals surface area (Å²) in [5, 5.41) is 8.91. The van der Waals surface area contributed by atoms with Gasteiger partial charge in [0, 0.05) is 23.6 Å². The number of rotatable bonds is 4. The Balaban J connectivity index is 1.76. The van der Waals surface area contributed by atoms with Gasteiger partial charge in [-0.2, -0.15) is 0 Å². The van der Waals surface area contributed by atoms with Crippen LogP contribution in [0, 0.1) is 0 Å². The minimum atomic E-state index is -0.375. The van der Waals surface area contributed by atoms with Crippen LogP contribution < -0.4 is 10.4 Å². The predicted octanol–water partition coefficient (Wildman–Crippen LogP) is 2.54. The molecule has 0 unspecified atom stereocenters. The molecule has 0 aliphatic rings. The van der Waals surface area contributed by atoms with E-state index in [1.165, 1.54) is 6.07 Å². The fourth-order valence-corrected chi connectivity index (χ4v) is 1.92. The highest BCUT2D eigenvalue weighted by molar-refractivity contribution is 5.77. The van der Waals surface area contributed by atoms with Gasteiger partial charge in [-0.15, -0.1) is 5.10 Å². The summed E-state index contributed by atoms with van der Waals surface area (Å²) in [4.78, 5) is 11.2. The van der Waals surface area contributed by atoms with Gasteiger partial charge in [-0.1, -0.05) is 5.21 Å². The zero-order chi connectivity index (χ0) is 14.8. The molecular formula is C15H15N3O3. The van der Waals surface area contributed by atoms with Crippen LogP contribution in [-0.4, -0.2) is 15.0 Å². The number of nitrogens with zero attached hydrogens (tertiary/aromatic N) is 3. The minimum Gasteiger partial charge on any atom is -0.487 e. The third-order valence-corrected chi connectivity index (χ3v) is 3.07. The number of hydrogen-bond acceptors (Lipinski definition) is 5. The molecule has 108 valence electrons. The first-order chi connectivity index (χ1) is 10.1. The molecule has 0 amide bonds. The van der Waals surface area contributed by atoms with E-state index in [2.05, 4.69) is 10.3 Å². The summed E-state index contributed by atoms with van der Waals surface area (Å²) in [5.41, 5.74) is 0.878. The van der Waals surface area contributed by atoms with Crippen LogP contribution in [0.5, 0.6) is 5.75 Å². The maximum absolute atomic E-state index is 11.2. The molecule has 21 heavy (non-hydrogen) atoms. The molecule has 3 aromatic rings. The van der Waals surface area contributed by atoms with Crippen LogP contribution in [0.15, 0.2) is 45.7 Å². The van der Waals surface area contributed by atoms with Crippen LogP contribution in [0.25, 0.3) is 11.0 Å². The van der Waals surface area contributed by atoms with Crippen molar-refractivity contribution in [2.45, 2.75) is 26.5 Å². The number of benzene rings is 1. The molecular weight excluding hydrogens is 270 g/mol. The van der Waals surface area contributed by atoms with Gasteiger partial charge in [0.15, 0.2) is 0 Å². The summed E-state index contributed by atoms with van der Waals surface area (Å²) >= 11 is 0. The van der Waals surface area contributed by atoms with Crippen LogP contribution in [0.3, 0.4) is 0 Å². The molecule has 1 aromatic carbocycles. The zero-order valence-corrected chi connectivity index (χ0v) is 11.8. The Morgan fingerprint density at radius 3 is 2.86 bits per heavy atom. The Morgan fingerprint density at radius 1 is 1.29 bits per heavy atom. The van der Waals surface area contributed by atoms with Crippen LogP contribution in [0.1, 0.15) is 25.6 Å². The number of fused-ring (bicyclic) bond motifs is 1. The van der Waals surface area contributed by atoms with Gasteiger partial charge in [0.25, 0.3) is 0 Å². The quantitative estimate of drug-likeness (QED) is 0.689. The van der Waals surface area contributed by atoms with Crippen molar-refractivity contribution >= 4 is 11.0 Å². The van der Waals surface area contributed by atoms with Gasteiger partial charge in [0.2, 0.25) is 0 Å². The Bertz CT molecular complexity index is 820. The maximum Gasteiger partial charge on any atom is 0.336 e. The van der Waals surface area contributed by atoms with E-state index in [1.807, 2.05) is 32.2 Å². The average molecular weight is 285 g/mol. The van der Waals surface area contributed by atoms with Gasteiger partial charge in [-0.05, 0) is 32.0 Å². The highest BCUT2D eigenvalue weighted by atomic mass is 16.5. The molecule has 6 nitrogen and oxygen atoms in total. The van der Waals surface area contributed by atoms with Gasteiger partial charge < -0.3 is 9.15 Å². The molecule has 2 heterocycles. The lowest BCUT2D eigenvalue weighted by molar-refractivity contribution is 0.301. The first-order valence-corrected chi connectivity index (χ1v) is 6.69. The van der Waals surface area contributed by atoms with E-state index < -0.39 is 0 Å². The van der Waals surface area contributed by atoms with Crippen LogP contribution in [0.4, 0.5) is 0 Å². The summed E-state index contributed by atoms with van der Waals surface area (Å²) in [5.74, 6) is 0.621. The summed E-state index contributed by atoms with van der Waals surface area (Å²) < 4.78 is 12.6. The molecule has 0 bridgehead atoms. The monoisotopic (exact) mass is 285 g/mol. The van der Waals surface area contributed by atoms with Crippen molar-refractivity contribution in [3.8, 4) is 5.75 Å². The topological polar surface area (TPSA) is 70.2 Å². The molecule has 0 radical (unpaired) electrons. The van der Waals surface area contributed by atoms with Crippen molar-refractivity contribution < 1.29 is 9.15 Å². The molecule has 3 rings (SSSR count). The second-order valence-corrected chi connectivity index (χ2v) is 5.03. The number of ether oxygens (including phenoxy) is 1. The highest BCUT2D eigenvalue weighted by Crippen LogP contribution is 2.20. The molecule has 0 saturated heterocycles. The van der Waals surface area contributed by atoms with Crippen molar-refractivity contribution in [2.24, 2.45) is 0 Å². The van der Waals surface area contributed by atoms with Crippen LogP contribution in [0.2, 0.25) is 0 Å². The minimum absolute atomic E-state index is 0.265. The molecule has 0 aliphatic heterocycles. The SMILES string of the molecule is CC(C)n1cc(COc2ccc3ccc(=O)oc3c2)nn1. The van der Waals surface area contributed by atoms with Crippen molar-refractivity contribution in [1.29, 1.82) is 0 Å². The standard InChI is InChI=1S/C15H15N3O3/c1-10(2)18-8-12(16-17-18)9-20-13-5-3-11-4-6-15(19)21-14(11)7-13/h3-8,10H,9H2,1-2H3. The van der Waals surface area contributed by atoms with Crippen LogP contribution in [-0.2, 0) is 6.61 Å². The molecule has 0 saturated carbocycles. The Kier molecular flexibility index (Phi) is 3.43. The lowest BCUT2D eigenvalue weighted by atomic mass is 10.2. The van der Waals surface area contributed by atoms with Gasteiger partial charge in [-0.3, -0.25) is 0 Å². The normalized spacial score (nSPS) is 11.2. The van der Waals surface area contributed by atoms with E-state index in [9.17, 15) is 4.79 Å². The molecule has 0 atom stereocenters. The van der Waals surface area contributed by atoms with E-state index in [-0.39, 0.29) is 11.7 Å². The molecule has 6 heteroatoms. The second kappa shape index (κ2) is 5.40.